The average Bonchev–Trinajstić information content (AvgIpc) is 2.96. The third-order valence-electron chi connectivity index (χ3n) is 8.05. The van der Waals surface area contributed by atoms with Gasteiger partial charge in [0.05, 0.1) is 12.8 Å². The van der Waals surface area contributed by atoms with Crippen LogP contribution in [-0.2, 0) is 13.1 Å². The van der Waals surface area contributed by atoms with E-state index in [1.807, 2.05) is 12.3 Å². The lowest BCUT2D eigenvalue weighted by atomic mass is 9.94. The Bertz CT molecular complexity index is 957. The van der Waals surface area contributed by atoms with Gasteiger partial charge in [-0.05, 0) is 57.9 Å². The summed E-state index contributed by atoms with van der Waals surface area (Å²) in [5.74, 6) is 1.01. The van der Waals surface area contributed by atoms with Crippen molar-refractivity contribution in [2.75, 3.05) is 33.8 Å². The lowest BCUT2D eigenvalue weighted by molar-refractivity contribution is 0.221. The smallest absolute Gasteiger partial charge is 0.223 e. The van der Waals surface area contributed by atoms with E-state index < -0.39 is 0 Å². The van der Waals surface area contributed by atoms with Crippen LogP contribution < -0.4 is 15.5 Å². The van der Waals surface area contributed by atoms with Crippen molar-refractivity contribution in [1.29, 1.82) is 0 Å². The molecule has 0 radical (unpaired) electrons. The first-order chi connectivity index (χ1) is 20.0. The summed E-state index contributed by atoms with van der Waals surface area (Å²) in [5.41, 5.74) is 2.23. The van der Waals surface area contributed by atoms with E-state index in [0.29, 0.717) is 24.8 Å². The van der Waals surface area contributed by atoms with Crippen LogP contribution in [0, 0.1) is 5.92 Å². The van der Waals surface area contributed by atoms with Gasteiger partial charge in [-0.2, -0.15) is 0 Å². The SMILES string of the molecule is CCCCCCCCC(CCCCCCCC)COc1cn(Cc2ccccc2)c(CNCCCN(C)C)cc1=O.Cl.Cl.Cl. The molecule has 5 nitrogen and oxygen atoms in total. The number of ether oxygens (including phenoxy) is 1. The summed E-state index contributed by atoms with van der Waals surface area (Å²) < 4.78 is 8.53. The van der Waals surface area contributed by atoms with E-state index in [9.17, 15) is 4.79 Å². The molecule has 0 aliphatic carbocycles. The molecule has 0 fully saturated rings. The molecule has 0 spiro atoms. The zero-order valence-corrected chi connectivity index (χ0v) is 30.6. The Morgan fingerprint density at radius 2 is 1.36 bits per heavy atom. The van der Waals surface area contributed by atoms with Gasteiger partial charge >= 0.3 is 0 Å². The van der Waals surface area contributed by atoms with Gasteiger partial charge in [-0.1, -0.05) is 121 Å². The maximum atomic E-state index is 13.2. The van der Waals surface area contributed by atoms with Crippen LogP contribution in [0.15, 0.2) is 47.4 Å². The molecular formula is C36H64Cl3N3O2. The van der Waals surface area contributed by atoms with E-state index in [1.165, 1.54) is 95.5 Å². The number of nitrogens with zero attached hydrogens (tertiary/aromatic N) is 2. The quantitative estimate of drug-likeness (QED) is 0.106. The second-order valence-corrected chi connectivity index (χ2v) is 12.2. The molecule has 0 saturated heterocycles. The molecular weight excluding hydrogens is 613 g/mol. The van der Waals surface area contributed by atoms with Gasteiger partial charge in [0.2, 0.25) is 5.43 Å². The highest BCUT2D eigenvalue weighted by Gasteiger charge is 2.14. The van der Waals surface area contributed by atoms with Crippen LogP contribution in [-0.4, -0.2) is 43.3 Å². The molecule has 1 aromatic heterocycles. The maximum Gasteiger partial charge on any atom is 0.223 e. The summed E-state index contributed by atoms with van der Waals surface area (Å²) in [6, 6.07) is 12.3. The maximum absolute atomic E-state index is 13.2. The number of benzene rings is 1. The standard InChI is InChI=1S/C36H61N3O2.3ClH/c1-5-7-9-11-13-16-23-33(24-17-14-12-10-8-6-2)31-41-36-30-39(29-32-21-18-15-19-22-32)34(27-35(36)40)28-37-25-20-26-38(3)4;;;/h15,18-19,21-22,27,30,33,37H,5-14,16-17,20,23-26,28-29,31H2,1-4H3;3*1H. The summed E-state index contributed by atoms with van der Waals surface area (Å²) in [5, 5.41) is 3.54. The van der Waals surface area contributed by atoms with Gasteiger partial charge in [0.1, 0.15) is 0 Å². The second-order valence-electron chi connectivity index (χ2n) is 12.2. The fourth-order valence-corrected chi connectivity index (χ4v) is 5.46. The Labute approximate surface area is 288 Å². The van der Waals surface area contributed by atoms with E-state index in [1.54, 1.807) is 6.07 Å². The van der Waals surface area contributed by atoms with E-state index in [0.717, 1.165) is 31.7 Å². The van der Waals surface area contributed by atoms with Gasteiger partial charge in [0, 0.05) is 24.8 Å². The van der Waals surface area contributed by atoms with Crippen molar-refractivity contribution in [1.82, 2.24) is 14.8 Å². The van der Waals surface area contributed by atoms with Crippen LogP contribution in [0.2, 0.25) is 0 Å². The normalized spacial score (nSPS) is 10.8. The third kappa shape index (κ3) is 20.7. The Morgan fingerprint density at radius 1 is 0.795 bits per heavy atom. The number of halogens is 3. The van der Waals surface area contributed by atoms with E-state index in [-0.39, 0.29) is 42.6 Å². The fraction of sp³-hybridized carbons (Fsp3) is 0.694. The molecule has 2 aromatic rings. The first-order valence-electron chi connectivity index (χ1n) is 16.8. The molecule has 44 heavy (non-hydrogen) atoms. The van der Waals surface area contributed by atoms with Gasteiger partial charge in [-0.3, -0.25) is 4.79 Å². The molecule has 1 heterocycles. The van der Waals surface area contributed by atoms with Crippen molar-refractivity contribution in [3.05, 3.63) is 64.1 Å². The van der Waals surface area contributed by atoms with Crippen molar-refractivity contribution < 1.29 is 4.74 Å². The van der Waals surface area contributed by atoms with Crippen LogP contribution in [0.4, 0.5) is 0 Å². The molecule has 0 aliphatic heterocycles. The topological polar surface area (TPSA) is 46.5 Å². The fourth-order valence-electron chi connectivity index (χ4n) is 5.46. The monoisotopic (exact) mass is 675 g/mol. The Kier molecular flexibility index (Phi) is 29.8. The van der Waals surface area contributed by atoms with Gasteiger partial charge in [0.25, 0.3) is 0 Å². The molecule has 8 heteroatoms. The predicted molar refractivity (Wildman–Crippen MR) is 198 cm³/mol. The third-order valence-corrected chi connectivity index (χ3v) is 8.05. The van der Waals surface area contributed by atoms with Gasteiger partial charge < -0.3 is 19.5 Å². The predicted octanol–water partition coefficient (Wildman–Crippen LogP) is 9.70. The van der Waals surface area contributed by atoms with Crippen molar-refractivity contribution in [2.45, 2.75) is 123 Å². The average molecular weight is 677 g/mol. The van der Waals surface area contributed by atoms with E-state index in [2.05, 4.69) is 67.0 Å². The van der Waals surface area contributed by atoms with E-state index in [4.69, 9.17) is 4.74 Å². The molecule has 1 aromatic carbocycles. The lowest BCUT2D eigenvalue weighted by Gasteiger charge is -2.20. The van der Waals surface area contributed by atoms with Crippen LogP contribution in [0.5, 0.6) is 5.75 Å². The number of pyridine rings is 1. The minimum absolute atomic E-state index is 0. The van der Waals surface area contributed by atoms with Crippen LogP contribution in [0.25, 0.3) is 0 Å². The number of unbranched alkanes of at least 4 members (excludes halogenated alkanes) is 10. The lowest BCUT2D eigenvalue weighted by Crippen LogP contribution is -2.25. The molecule has 0 aliphatic rings. The number of nitrogens with one attached hydrogen (secondary N) is 1. The first kappa shape index (κ1) is 44.9. The van der Waals surface area contributed by atoms with Crippen molar-refractivity contribution in [2.24, 2.45) is 5.92 Å². The largest absolute Gasteiger partial charge is 0.488 e. The summed E-state index contributed by atoms with van der Waals surface area (Å²) in [7, 11) is 4.20. The van der Waals surface area contributed by atoms with E-state index >= 15 is 0 Å². The van der Waals surface area contributed by atoms with Crippen LogP contribution in [0.1, 0.15) is 121 Å². The Balaban J connectivity index is 0. The zero-order valence-electron chi connectivity index (χ0n) is 28.2. The number of rotatable bonds is 25. The van der Waals surface area contributed by atoms with Gasteiger partial charge in [-0.25, -0.2) is 0 Å². The number of hydrogen-bond donors (Lipinski definition) is 1. The van der Waals surface area contributed by atoms with Crippen molar-refractivity contribution in [3.8, 4) is 5.75 Å². The highest BCUT2D eigenvalue weighted by molar-refractivity contribution is 5.86. The molecule has 256 valence electrons. The van der Waals surface area contributed by atoms with Gasteiger partial charge in [-0.15, -0.1) is 37.2 Å². The number of aromatic nitrogens is 1. The number of hydrogen-bond acceptors (Lipinski definition) is 4. The first-order valence-corrected chi connectivity index (χ1v) is 16.8. The van der Waals surface area contributed by atoms with Gasteiger partial charge in [0.15, 0.2) is 5.75 Å². The second kappa shape index (κ2) is 29.2. The minimum atomic E-state index is -0.00251. The van der Waals surface area contributed by atoms with Crippen molar-refractivity contribution >= 4 is 37.2 Å². The molecule has 0 saturated carbocycles. The molecule has 1 N–H and O–H groups in total. The summed E-state index contributed by atoms with van der Waals surface area (Å²) in [4.78, 5) is 15.4. The van der Waals surface area contributed by atoms with Crippen molar-refractivity contribution in [3.63, 3.8) is 0 Å². The highest BCUT2D eigenvalue weighted by Crippen LogP contribution is 2.21. The molecule has 0 atom stereocenters. The summed E-state index contributed by atoms with van der Waals surface area (Å²) >= 11 is 0. The Hall–Kier alpha value is -1.24. The Morgan fingerprint density at radius 3 is 1.93 bits per heavy atom. The summed E-state index contributed by atoms with van der Waals surface area (Å²) in [6.45, 7) is 8.57. The summed E-state index contributed by atoms with van der Waals surface area (Å²) in [6.07, 6.45) is 21.3. The molecule has 0 unspecified atom stereocenters. The zero-order chi connectivity index (χ0) is 29.5. The highest BCUT2D eigenvalue weighted by atomic mass is 35.5. The minimum Gasteiger partial charge on any atom is -0.488 e. The van der Waals surface area contributed by atoms with Crippen LogP contribution >= 0.6 is 37.2 Å². The molecule has 0 amide bonds. The van der Waals surface area contributed by atoms with Crippen LogP contribution in [0.3, 0.4) is 0 Å². The molecule has 2 rings (SSSR count). The molecule has 0 bridgehead atoms.